The molecule has 1 heterocycles. The van der Waals surface area contributed by atoms with Crippen molar-refractivity contribution in [1.82, 2.24) is 15.0 Å². The summed E-state index contributed by atoms with van der Waals surface area (Å²) in [5, 5.41) is 3.11. The van der Waals surface area contributed by atoms with Gasteiger partial charge >= 0.3 is 0 Å². The summed E-state index contributed by atoms with van der Waals surface area (Å²) in [6.07, 6.45) is 6.73. The third-order valence-electron chi connectivity index (χ3n) is 3.79. The van der Waals surface area contributed by atoms with E-state index in [1.54, 1.807) is 18.3 Å². The fraction of sp³-hybridized carbons (Fsp3) is 0.643. The maximum absolute atomic E-state index is 12.4. The molecule has 5 nitrogen and oxygen atoms in total. The second-order valence-electron chi connectivity index (χ2n) is 5.76. The predicted molar refractivity (Wildman–Crippen MR) is 78.8 cm³/mol. The Morgan fingerprint density at radius 2 is 1.95 bits per heavy atom. The van der Waals surface area contributed by atoms with Crippen molar-refractivity contribution in [2.45, 2.75) is 56.1 Å². The number of rotatable bonds is 5. The van der Waals surface area contributed by atoms with Crippen LogP contribution in [0.4, 0.5) is 0 Å². The van der Waals surface area contributed by atoms with E-state index in [1.807, 2.05) is 14.0 Å². The minimum atomic E-state index is -3.53. The van der Waals surface area contributed by atoms with Gasteiger partial charge in [0.15, 0.2) is 5.03 Å². The molecule has 0 bridgehead atoms. The van der Waals surface area contributed by atoms with E-state index in [9.17, 15) is 8.42 Å². The second-order valence-corrected chi connectivity index (χ2v) is 7.39. The lowest BCUT2D eigenvalue weighted by Gasteiger charge is -2.33. The van der Waals surface area contributed by atoms with E-state index >= 15 is 0 Å². The molecule has 2 N–H and O–H groups in total. The van der Waals surface area contributed by atoms with Gasteiger partial charge in [0, 0.05) is 18.3 Å². The zero-order chi connectivity index (χ0) is 14.6. The minimum Gasteiger partial charge on any atom is -0.316 e. The minimum absolute atomic E-state index is 0.101. The van der Waals surface area contributed by atoms with Crippen molar-refractivity contribution < 1.29 is 8.42 Å². The van der Waals surface area contributed by atoms with Crippen LogP contribution in [0.5, 0.6) is 0 Å². The van der Waals surface area contributed by atoms with Crippen LogP contribution in [-0.4, -0.2) is 26.0 Å². The Labute approximate surface area is 121 Å². The van der Waals surface area contributed by atoms with E-state index in [4.69, 9.17) is 0 Å². The lowest BCUT2D eigenvalue weighted by atomic mass is 9.84. The maximum atomic E-state index is 12.4. The molecule has 0 aromatic carbocycles. The molecule has 1 saturated carbocycles. The molecule has 0 atom stereocenters. The lowest BCUT2D eigenvalue weighted by molar-refractivity contribution is 0.293. The molecular weight excluding hydrogens is 274 g/mol. The first-order chi connectivity index (χ1) is 9.45. The molecule has 0 aliphatic heterocycles. The summed E-state index contributed by atoms with van der Waals surface area (Å²) < 4.78 is 27.6. The van der Waals surface area contributed by atoms with Crippen LogP contribution in [0.25, 0.3) is 0 Å². The molecule has 1 aromatic heterocycles. The highest BCUT2D eigenvalue weighted by atomic mass is 32.2. The van der Waals surface area contributed by atoms with E-state index in [-0.39, 0.29) is 10.6 Å². The monoisotopic (exact) mass is 297 g/mol. The normalized spacial score (nSPS) is 18.9. The number of nitrogens with zero attached hydrogens (tertiary/aromatic N) is 1. The molecule has 0 unspecified atom stereocenters. The van der Waals surface area contributed by atoms with Gasteiger partial charge in [0.1, 0.15) is 0 Å². The first-order valence-corrected chi connectivity index (χ1v) is 8.57. The number of pyridine rings is 1. The maximum Gasteiger partial charge on any atom is 0.258 e. The van der Waals surface area contributed by atoms with Crippen LogP contribution in [0, 0.1) is 0 Å². The predicted octanol–water partition coefficient (Wildman–Crippen LogP) is 1.80. The second kappa shape index (κ2) is 6.20. The van der Waals surface area contributed by atoms with Gasteiger partial charge in [0.25, 0.3) is 10.0 Å². The van der Waals surface area contributed by atoms with E-state index in [0.717, 1.165) is 31.2 Å². The molecule has 0 spiro atoms. The van der Waals surface area contributed by atoms with Crippen molar-refractivity contribution in [2.24, 2.45) is 0 Å². The summed E-state index contributed by atoms with van der Waals surface area (Å²) >= 11 is 0. The zero-order valence-corrected chi connectivity index (χ0v) is 13.0. The highest BCUT2D eigenvalue weighted by molar-refractivity contribution is 7.89. The fourth-order valence-corrected chi connectivity index (χ4v) is 4.09. The number of nitrogens with one attached hydrogen (secondary N) is 2. The van der Waals surface area contributed by atoms with Gasteiger partial charge in [-0.2, -0.15) is 0 Å². The van der Waals surface area contributed by atoms with Gasteiger partial charge in [0.2, 0.25) is 0 Å². The van der Waals surface area contributed by atoms with Crippen LogP contribution in [0.1, 0.15) is 44.6 Å². The smallest absolute Gasteiger partial charge is 0.258 e. The molecule has 1 aromatic rings. The van der Waals surface area contributed by atoms with Crippen molar-refractivity contribution in [3.8, 4) is 0 Å². The van der Waals surface area contributed by atoms with Crippen LogP contribution in [0.2, 0.25) is 0 Å². The number of aromatic nitrogens is 1. The average Bonchev–Trinajstić information content (AvgIpc) is 2.39. The van der Waals surface area contributed by atoms with Crippen LogP contribution < -0.4 is 10.0 Å². The van der Waals surface area contributed by atoms with Crippen LogP contribution in [-0.2, 0) is 16.6 Å². The molecule has 112 valence electrons. The van der Waals surface area contributed by atoms with Crippen LogP contribution >= 0.6 is 0 Å². The Morgan fingerprint density at radius 1 is 1.25 bits per heavy atom. The summed E-state index contributed by atoms with van der Waals surface area (Å²) in [5.41, 5.74) is 0.637. The molecule has 20 heavy (non-hydrogen) atoms. The van der Waals surface area contributed by atoms with Gasteiger partial charge in [0.05, 0.1) is 0 Å². The number of hydrogen-bond donors (Lipinski definition) is 2. The molecular formula is C14H23N3O2S. The summed E-state index contributed by atoms with van der Waals surface area (Å²) in [6, 6.07) is 3.36. The summed E-state index contributed by atoms with van der Waals surface area (Å²) in [4.78, 5) is 4.08. The topological polar surface area (TPSA) is 71.1 Å². The van der Waals surface area contributed by atoms with Gasteiger partial charge in [-0.15, -0.1) is 0 Å². The molecule has 1 aliphatic carbocycles. The highest BCUT2D eigenvalue weighted by Gasteiger charge is 2.32. The Morgan fingerprint density at radius 3 is 2.50 bits per heavy atom. The average molecular weight is 297 g/mol. The van der Waals surface area contributed by atoms with E-state index in [1.165, 1.54) is 6.42 Å². The Hall–Kier alpha value is -0.980. The van der Waals surface area contributed by atoms with E-state index < -0.39 is 10.0 Å². The lowest BCUT2D eigenvalue weighted by Crippen LogP contribution is -2.47. The van der Waals surface area contributed by atoms with Crippen molar-refractivity contribution in [2.75, 3.05) is 7.05 Å². The Balaban J connectivity index is 2.13. The molecule has 1 aliphatic rings. The van der Waals surface area contributed by atoms with E-state index in [0.29, 0.717) is 6.54 Å². The largest absolute Gasteiger partial charge is 0.316 e. The Kier molecular flexibility index (Phi) is 4.78. The first-order valence-electron chi connectivity index (χ1n) is 7.09. The van der Waals surface area contributed by atoms with Crippen molar-refractivity contribution >= 4 is 10.0 Å². The zero-order valence-electron chi connectivity index (χ0n) is 12.1. The molecule has 1 fully saturated rings. The summed E-state index contributed by atoms with van der Waals surface area (Å²) in [6.45, 7) is 2.66. The van der Waals surface area contributed by atoms with Gasteiger partial charge in [-0.1, -0.05) is 25.3 Å². The number of sulfonamides is 1. The quantitative estimate of drug-likeness (QED) is 0.869. The van der Waals surface area contributed by atoms with Gasteiger partial charge in [-0.3, -0.25) is 0 Å². The van der Waals surface area contributed by atoms with E-state index in [2.05, 4.69) is 15.0 Å². The van der Waals surface area contributed by atoms with Crippen molar-refractivity contribution in [1.29, 1.82) is 0 Å². The fourth-order valence-electron chi connectivity index (χ4n) is 2.69. The Bertz CT molecular complexity index is 534. The van der Waals surface area contributed by atoms with Gasteiger partial charge in [-0.25, -0.2) is 18.1 Å². The highest BCUT2D eigenvalue weighted by Crippen LogP contribution is 2.29. The molecule has 6 heteroatoms. The third-order valence-corrected chi connectivity index (χ3v) is 5.35. The van der Waals surface area contributed by atoms with Gasteiger partial charge in [-0.05, 0) is 38.4 Å². The molecule has 2 rings (SSSR count). The molecule has 0 amide bonds. The van der Waals surface area contributed by atoms with Gasteiger partial charge < -0.3 is 5.32 Å². The summed E-state index contributed by atoms with van der Waals surface area (Å²) in [5.74, 6) is 0. The van der Waals surface area contributed by atoms with Crippen LogP contribution in [0.15, 0.2) is 23.4 Å². The van der Waals surface area contributed by atoms with Crippen molar-refractivity contribution in [3.05, 3.63) is 23.9 Å². The molecule has 0 saturated heterocycles. The third kappa shape index (κ3) is 3.77. The van der Waals surface area contributed by atoms with Crippen LogP contribution in [0.3, 0.4) is 0 Å². The first kappa shape index (κ1) is 15.4. The standard InChI is InChI=1S/C14H23N3O2S/c1-14(8-4-3-5-9-14)17-20(18,19)13-7-6-12(10-15-2)11-16-13/h6-7,11,15,17H,3-5,8-10H2,1-2H3. The number of hydrogen-bond acceptors (Lipinski definition) is 4. The SMILES string of the molecule is CNCc1ccc(S(=O)(=O)NC2(C)CCCCC2)nc1. The molecule has 0 radical (unpaired) electrons. The van der Waals surface area contributed by atoms with Crippen molar-refractivity contribution in [3.63, 3.8) is 0 Å². The summed E-state index contributed by atoms with van der Waals surface area (Å²) in [7, 11) is -1.69.